The van der Waals surface area contributed by atoms with Gasteiger partial charge in [0.1, 0.15) is 6.23 Å². The lowest BCUT2D eigenvalue weighted by Crippen LogP contribution is -2.03. The van der Waals surface area contributed by atoms with E-state index in [0.717, 1.165) is 0 Å². The highest BCUT2D eigenvalue weighted by Crippen LogP contribution is 2.02. The van der Waals surface area contributed by atoms with Crippen molar-refractivity contribution in [2.24, 2.45) is 0 Å². The average Bonchev–Trinajstić information content (AvgIpc) is 2.37. The van der Waals surface area contributed by atoms with E-state index in [1.165, 1.54) is 0 Å². The van der Waals surface area contributed by atoms with Gasteiger partial charge in [-0.15, -0.1) is 0 Å². The van der Waals surface area contributed by atoms with Crippen LogP contribution in [-0.2, 0) is 4.74 Å². The Balaban J connectivity index is 2.65. The Kier molecular flexibility index (Phi) is 1.85. The van der Waals surface area contributed by atoms with Crippen LogP contribution in [0.5, 0.6) is 0 Å². The molecule has 0 spiro atoms. The van der Waals surface area contributed by atoms with E-state index < -0.39 is 0 Å². The fraction of sp³-hybridized carbons (Fsp3) is 0.500. The van der Waals surface area contributed by atoms with Crippen molar-refractivity contribution in [1.82, 2.24) is 9.55 Å². The number of aromatic nitrogens is 2. The largest absolute Gasteiger partial charge is 0.362 e. The molecule has 0 saturated heterocycles. The van der Waals surface area contributed by atoms with Crippen molar-refractivity contribution in [1.29, 1.82) is 0 Å². The summed E-state index contributed by atoms with van der Waals surface area (Å²) in [7, 11) is 1.67. The molecule has 0 N–H and O–H groups in total. The van der Waals surface area contributed by atoms with E-state index in [4.69, 9.17) is 4.74 Å². The number of ether oxygens (including phenoxy) is 1. The van der Waals surface area contributed by atoms with Gasteiger partial charge in [0.15, 0.2) is 0 Å². The van der Waals surface area contributed by atoms with Gasteiger partial charge in [-0.1, -0.05) is 0 Å². The molecule has 0 radical (unpaired) electrons. The maximum atomic E-state index is 5.02. The molecule has 0 bridgehead atoms. The molecule has 1 rings (SSSR count). The highest BCUT2D eigenvalue weighted by Gasteiger charge is 1.97. The minimum atomic E-state index is 0.0903. The molecule has 0 aliphatic heterocycles. The number of imidazole rings is 1. The third-order valence-corrected chi connectivity index (χ3v) is 1.29. The zero-order valence-corrected chi connectivity index (χ0v) is 5.61. The van der Waals surface area contributed by atoms with Gasteiger partial charge >= 0.3 is 0 Å². The molecule has 3 heteroatoms. The summed E-state index contributed by atoms with van der Waals surface area (Å²) in [4.78, 5) is 3.87. The summed E-state index contributed by atoms with van der Waals surface area (Å²) in [5, 5.41) is 0. The molecule has 3 nitrogen and oxygen atoms in total. The van der Waals surface area contributed by atoms with Crippen LogP contribution in [-0.4, -0.2) is 16.7 Å². The molecule has 0 aliphatic rings. The first-order chi connectivity index (χ1) is 4.34. The number of methoxy groups -OCH3 is 1. The second-order valence-electron chi connectivity index (χ2n) is 1.84. The molecular formula is C6H10N2O. The quantitative estimate of drug-likeness (QED) is 0.592. The van der Waals surface area contributed by atoms with E-state index in [2.05, 4.69) is 4.98 Å². The standard InChI is InChI=1S/C6H10N2O/c1-6(9-2)8-4-3-7-5-8/h3-6H,1-2H3. The minimum absolute atomic E-state index is 0.0903. The summed E-state index contributed by atoms with van der Waals surface area (Å²) < 4.78 is 6.91. The van der Waals surface area contributed by atoms with Crippen molar-refractivity contribution >= 4 is 0 Å². The van der Waals surface area contributed by atoms with Gasteiger partial charge < -0.3 is 9.30 Å². The zero-order chi connectivity index (χ0) is 6.69. The molecule has 1 aromatic heterocycles. The normalized spacial score (nSPS) is 13.6. The molecule has 0 aliphatic carbocycles. The third kappa shape index (κ3) is 1.29. The van der Waals surface area contributed by atoms with Gasteiger partial charge in [-0.05, 0) is 6.92 Å². The Bertz CT molecular complexity index is 160. The van der Waals surface area contributed by atoms with Crippen LogP contribution in [0.2, 0.25) is 0 Å². The van der Waals surface area contributed by atoms with E-state index in [1.54, 1.807) is 19.6 Å². The van der Waals surface area contributed by atoms with Gasteiger partial charge in [0.2, 0.25) is 0 Å². The van der Waals surface area contributed by atoms with Gasteiger partial charge in [0.25, 0.3) is 0 Å². The molecule has 0 amide bonds. The molecule has 0 aromatic carbocycles. The van der Waals surface area contributed by atoms with Crippen LogP contribution in [0.25, 0.3) is 0 Å². The Morgan fingerprint density at radius 1 is 1.67 bits per heavy atom. The van der Waals surface area contributed by atoms with Crippen LogP contribution in [0.4, 0.5) is 0 Å². The number of hydrogen-bond donors (Lipinski definition) is 0. The summed E-state index contributed by atoms with van der Waals surface area (Å²) in [5.74, 6) is 0. The zero-order valence-electron chi connectivity index (χ0n) is 5.61. The van der Waals surface area contributed by atoms with Crippen molar-refractivity contribution < 1.29 is 4.74 Å². The molecular weight excluding hydrogens is 116 g/mol. The molecule has 1 unspecified atom stereocenters. The van der Waals surface area contributed by atoms with Crippen LogP contribution in [0.1, 0.15) is 13.2 Å². The predicted molar refractivity (Wildman–Crippen MR) is 33.9 cm³/mol. The Labute approximate surface area is 54.3 Å². The molecule has 9 heavy (non-hydrogen) atoms. The summed E-state index contributed by atoms with van der Waals surface area (Å²) in [6, 6.07) is 0. The first-order valence-electron chi connectivity index (χ1n) is 2.85. The summed E-state index contributed by atoms with van der Waals surface area (Å²) >= 11 is 0. The fourth-order valence-corrected chi connectivity index (χ4v) is 0.606. The van der Waals surface area contributed by atoms with E-state index in [-0.39, 0.29) is 6.23 Å². The Morgan fingerprint density at radius 2 is 2.44 bits per heavy atom. The van der Waals surface area contributed by atoms with Gasteiger partial charge in [-0.2, -0.15) is 0 Å². The number of rotatable bonds is 2. The van der Waals surface area contributed by atoms with Gasteiger partial charge in [-0.25, -0.2) is 4.98 Å². The first kappa shape index (κ1) is 6.29. The molecule has 1 atom stereocenters. The van der Waals surface area contributed by atoms with E-state index >= 15 is 0 Å². The second kappa shape index (κ2) is 2.64. The van der Waals surface area contributed by atoms with Crippen molar-refractivity contribution in [3.63, 3.8) is 0 Å². The molecule has 1 aromatic rings. The molecule has 50 valence electrons. The number of hydrogen-bond acceptors (Lipinski definition) is 2. The highest BCUT2D eigenvalue weighted by atomic mass is 16.5. The van der Waals surface area contributed by atoms with Crippen LogP contribution in [0.3, 0.4) is 0 Å². The fourth-order valence-electron chi connectivity index (χ4n) is 0.606. The third-order valence-electron chi connectivity index (χ3n) is 1.29. The van der Waals surface area contributed by atoms with Crippen LogP contribution in [0.15, 0.2) is 18.7 Å². The predicted octanol–water partition coefficient (Wildman–Crippen LogP) is 1.05. The Hall–Kier alpha value is -0.830. The van der Waals surface area contributed by atoms with Gasteiger partial charge in [0.05, 0.1) is 6.33 Å². The van der Waals surface area contributed by atoms with E-state index in [9.17, 15) is 0 Å². The maximum absolute atomic E-state index is 5.02. The topological polar surface area (TPSA) is 27.1 Å². The van der Waals surface area contributed by atoms with Crippen LogP contribution in [0, 0.1) is 0 Å². The summed E-state index contributed by atoms with van der Waals surface area (Å²) in [6.07, 6.45) is 5.42. The number of nitrogens with zero attached hydrogens (tertiary/aromatic N) is 2. The monoisotopic (exact) mass is 126 g/mol. The van der Waals surface area contributed by atoms with Gasteiger partial charge in [-0.3, -0.25) is 0 Å². The Morgan fingerprint density at radius 3 is 2.89 bits per heavy atom. The molecule has 0 saturated carbocycles. The minimum Gasteiger partial charge on any atom is -0.362 e. The second-order valence-corrected chi connectivity index (χ2v) is 1.84. The van der Waals surface area contributed by atoms with E-state index in [0.29, 0.717) is 0 Å². The lowest BCUT2D eigenvalue weighted by Gasteiger charge is -2.08. The summed E-state index contributed by atoms with van der Waals surface area (Å²) in [6.45, 7) is 1.96. The van der Waals surface area contributed by atoms with Crippen molar-refractivity contribution in [3.8, 4) is 0 Å². The van der Waals surface area contributed by atoms with Crippen molar-refractivity contribution in [3.05, 3.63) is 18.7 Å². The first-order valence-corrected chi connectivity index (χ1v) is 2.85. The smallest absolute Gasteiger partial charge is 0.131 e. The maximum Gasteiger partial charge on any atom is 0.131 e. The van der Waals surface area contributed by atoms with E-state index in [1.807, 2.05) is 17.7 Å². The van der Waals surface area contributed by atoms with Crippen LogP contribution < -0.4 is 0 Å². The lowest BCUT2D eigenvalue weighted by atomic mass is 10.6. The SMILES string of the molecule is COC(C)n1ccnc1. The van der Waals surface area contributed by atoms with Gasteiger partial charge in [0, 0.05) is 19.5 Å². The van der Waals surface area contributed by atoms with Crippen molar-refractivity contribution in [2.75, 3.05) is 7.11 Å². The van der Waals surface area contributed by atoms with Crippen LogP contribution >= 0.6 is 0 Å². The molecule has 0 fully saturated rings. The summed E-state index contributed by atoms with van der Waals surface area (Å²) in [5.41, 5.74) is 0. The highest BCUT2D eigenvalue weighted by molar-refractivity contribution is 4.75. The van der Waals surface area contributed by atoms with Crippen molar-refractivity contribution in [2.45, 2.75) is 13.2 Å². The molecule has 1 heterocycles. The lowest BCUT2D eigenvalue weighted by molar-refractivity contribution is 0.0604. The average molecular weight is 126 g/mol.